The van der Waals surface area contributed by atoms with Gasteiger partial charge in [0.25, 0.3) is 0 Å². The monoisotopic (exact) mass is 371 g/mol. The summed E-state index contributed by atoms with van der Waals surface area (Å²) in [5, 5.41) is 2.55. The molecular formula is C16H25N3O5S. The van der Waals surface area contributed by atoms with E-state index in [1.165, 1.54) is 4.31 Å². The summed E-state index contributed by atoms with van der Waals surface area (Å²) in [7, 11) is -3.51. The number of amides is 1. The molecule has 1 saturated heterocycles. The molecule has 0 saturated carbocycles. The molecular weight excluding hydrogens is 346 g/mol. The van der Waals surface area contributed by atoms with Crippen molar-refractivity contribution in [1.82, 2.24) is 5.32 Å². The van der Waals surface area contributed by atoms with Crippen LogP contribution in [0.25, 0.3) is 0 Å². The minimum Gasteiger partial charge on any atom is -0.450 e. The maximum atomic E-state index is 12.3. The van der Waals surface area contributed by atoms with E-state index in [2.05, 4.69) is 10.2 Å². The molecule has 8 nitrogen and oxygen atoms in total. The maximum Gasteiger partial charge on any atom is 0.407 e. The van der Waals surface area contributed by atoms with Gasteiger partial charge in [0.1, 0.15) is 0 Å². The Hall–Kier alpha value is -2.00. The molecule has 140 valence electrons. The third kappa shape index (κ3) is 5.50. The summed E-state index contributed by atoms with van der Waals surface area (Å²) in [6, 6.07) is 7.36. The lowest BCUT2D eigenvalue weighted by atomic mass is 10.2. The van der Waals surface area contributed by atoms with E-state index in [1.807, 2.05) is 12.1 Å². The number of nitrogens with one attached hydrogen (secondary N) is 1. The topological polar surface area (TPSA) is 88.2 Å². The van der Waals surface area contributed by atoms with Crippen molar-refractivity contribution >= 4 is 27.5 Å². The normalized spacial score (nSPS) is 14.9. The van der Waals surface area contributed by atoms with Gasteiger partial charge in [0.2, 0.25) is 10.0 Å². The summed E-state index contributed by atoms with van der Waals surface area (Å²) in [5.41, 5.74) is 1.44. The molecule has 1 aromatic carbocycles. The van der Waals surface area contributed by atoms with Crippen LogP contribution in [0.1, 0.15) is 6.92 Å². The van der Waals surface area contributed by atoms with Gasteiger partial charge in [0, 0.05) is 19.6 Å². The van der Waals surface area contributed by atoms with Gasteiger partial charge in [-0.3, -0.25) is 4.31 Å². The number of sulfonamides is 1. The Kier molecular flexibility index (Phi) is 6.89. The van der Waals surface area contributed by atoms with Gasteiger partial charge < -0.3 is 19.7 Å². The van der Waals surface area contributed by atoms with Gasteiger partial charge in [-0.1, -0.05) is 12.1 Å². The summed E-state index contributed by atoms with van der Waals surface area (Å²) >= 11 is 0. The Bertz CT molecular complexity index is 674. The number of hydrogen-bond acceptors (Lipinski definition) is 6. The summed E-state index contributed by atoms with van der Waals surface area (Å²) in [4.78, 5) is 13.5. The zero-order valence-electron chi connectivity index (χ0n) is 14.6. The summed E-state index contributed by atoms with van der Waals surface area (Å²) in [6.07, 6.45) is 0.602. The number of benzene rings is 1. The van der Waals surface area contributed by atoms with Gasteiger partial charge in [0.15, 0.2) is 0 Å². The number of carbonyl (C=O) groups excluding carboxylic acids is 1. The molecule has 1 aliphatic heterocycles. The summed E-state index contributed by atoms with van der Waals surface area (Å²) in [6.45, 7) is 4.88. The quantitative estimate of drug-likeness (QED) is 0.770. The second kappa shape index (κ2) is 8.91. The number of alkyl carbamates (subject to hydrolysis) is 1. The first-order valence-corrected chi connectivity index (χ1v) is 10.1. The first-order chi connectivity index (χ1) is 11.9. The van der Waals surface area contributed by atoms with Crippen LogP contribution in [0, 0.1) is 0 Å². The van der Waals surface area contributed by atoms with E-state index >= 15 is 0 Å². The van der Waals surface area contributed by atoms with Crippen molar-refractivity contribution in [3.63, 3.8) is 0 Å². The number of nitrogens with zero attached hydrogens (tertiary/aromatic N) is 2. The highest BCUT2D eigenvalue weighted by Crippen LogP contribution is 2.31. The van der Waals surface area contributed by atoms with E-state index < -0.39 is 16.1 Å². The molecule has 0 radical (unpaired) electrons. The molecule has 2 rings (SSSR count). The molecule has 0 spiro atoms. The van der Waals surface area contributed by atoms with Gasteiger partial charge in [-0.05, 0) is 19.1 Å². The smallest absolute Gasteiger partial charge is 0.407 e. The Morgan fingerprint density at radius 3 is 2.64 bits per heavy atom. The molecule has 1 aromatic rings. The van der Waals surface area contributed by atoms with Gasteiger partial charge >= 0.3 is 6.09 Å². The number of rotatable bonds is 7. The second-order valence-corrected chi connectivity index (χ2v) is 7.48. The van der Waals surface area contributed by atoms with Crippen molar-refractivity contribution in [2.45, 2.75) is 6.92 Å². The number of carbonyl (C=O) groups is 1. The highest BCUT2D eigenvalue weighted by molar-refractivity contribution is 7.92. The molecule has 25 heavy (non-hydrogen) atoms. The standard InChI is InChI=1S/C16H25N3O5S/c1-3-24-16(20)17-8-9-19(25(2,21)22)15-7-5-4-6-14(15)18-10-12-23-13-11-18/h4-7H,3,8-13H2,1-2H3,(H,17,20). The van der Waals surface area contributed by atoms with E-state index in [0.717, 1.165) is 11.9 Å². The van der Waals surface area contributed by atoms with Crippen molar-refractivity contribution < 1.29 is 22.7 Å². The molecule has 1 aliphatic rings. The summed E-state index contributed by atoms with van der Waals surface area (Å²) < 4.78 is 36.1. The fraction of sp³-hybridized carbons (Fsp3) is 0.562. The average Bonchev–Trinajstić information content (AvgIpc) is 2.59. The number of morpholine rings is 1. The van der Waals surface area contributed by atoms with E-state index in [-0.39, 0.29) is 19.7 Å². The van der Waals surface area contributed by atoms with Crippen LogP contribution in [0.5, 0.6) is 0 Å². The van der Waals surface area contributed by atoms with Gasteiger partial charge in [-0.15, -0.1) is 0 Å². The van der Waals surface area contributed by atoms with Crippen LogP contribution in [0.15, 0.2) is 24.3 Å². The van der Waals surface area contributed by atoms with Crippen LogP contribution in [-0.4, -0.2) is 66.8 Å². The average molecular weight is 371 g/mol. The number of anilines is 2. The van der Waals surface area contributed by atoms with Crippen LogP contribution < -0.4 is 14.5 Å². The van der Waals surface area contributed by atoms with E-state index in [1.54, 1.807) is 19.1 Å². The number of hydrogen-bond donors (Lipinski definition) is 1. The predicted molar refractivity (Wildman–Crippen MR) is 96.7 cm³/mol. The van der Waals surface area contributed by atoms with Gasteiger partial charge in [0.05, 0.1) is 44.0 Å². The lowest BCUT2D eigenvalue weighted by Crippen LogP contribution is -2.41. The SMILES string of the molecule is CCOC(=O)NCCN(c1ccccc1N1CCOCC1)S(C)(=O)=O. The predicted octanol–water partition coefficient (Wildman–Crippen LogP) is 1.04. The van der Waals surface area contributed by atoms with Crippen LogP contribution >= 0.6 is 0 Å². The number of ether oxygens (including phenoxy) is 2. The minimum absolute atomic E-state index is 0.124. The van der Waals surface area contributed by atoms with Gasteiger partial charge in [-0.25, -0.2) is 13.2 Å². The molecule has 1 N–H and O–H groups in total. The molecule has 1 amide bonds. The third-order valence-electron chi connectivity index (χ3n) is 3.76. The molecule has 9 heteroatoms. The highest BCUT2D eigenvalue weighted by Gasteiger charge is 2.23. The minimum atomic E-state index is -3.51. The zero-order valence-corrected chi connectivity index (χ0v) is 15.4. The van der Waals surface area contributed by atoms with Crippen molar-refractivity contribution in [2.24, 2.45) is 0 Å². The van der Waals surface area contributed by atoms with Crippen LogP contribution in [0.2, 0.25) is 0 Å². The third-order valence-corrected chi connectivity index (χ3v) is 4.94. The fourth-order valence-electron chi connectivity index (χ4n) is 2.65. The Balaban J connectivity index is 2.19. The molecule has 1 fully saturated rings. The first kappa shape index (κ1) is 19.3. The van der Waals surface area contributed by atoms with Crippen molar-refractivity contribution in [1.29, 1.82) is 0 Å². The van der Waals surface area contributed by atoms with E-state index in [9.17, 15) is 13.2 Å². The zero-order chi connectivity index (χ0) is 18.3. The molecule has 0 aliphatic carbocycles. The van der Waals surface area contributed by atoms with Gasteiger partial charge in [-0.2, -0.15) is 0 Å². The Morgan fingerprint density at radius 2 is 2.00 bits per heavy atom. The largest absolute Gasteiger partial charge is 0.450 e. The lowest BCUT2D eigenvalue weighted by Gasteiger charge is -2.33. The highest BCUT2D eigenvalue weighted by atomic mass is 32.2. The molecule has 0 aromatic heterocycles. The van der Waals surface area contributed by atoms with Crippen LogP contribution in [0.3, 0.4) is 0 Å². The maximum absolute atomic E-state index is 12.3. The summed E-state index contributed by atoms with van der Waals surface area (Å²) in [5.74, 6) is 0. The molecule has 0 bridgehead atoms. The molecule has 0 atom stereocenters. The Labute approximate surface area is 148 Å². The van der Waals surface area contributed by atoms with Crippen molar-refractivity contribution in [3.05, 3.63) is 24.3 Å². The number of para-hydroxylation sites is 2. The van der Waals surface area contributed by atoms with E-state index in [4.69, 9.17) is 9.47 Å². The van der Waals surface area contributed by atoms with Crippen molar-refractivity contribution in [2.75, 3.05) is 61.5 Å². The van der Waals surface area contributed by atoms with Crippen molar-refractivity contribution in [3.8, 4) is 0 Å². The second-order valence-electron chi connectivity index (χ2n) is 5.57. The van der Waals surface area contributed by atoms with Crippen LogP contribution in [0.4, 0.5) is 16.2 Å². The first-order valence-electron chi connectivity index (χ1n) is 8.23. The lowest BCUT2D eigenvalue weighted by molar-refractivity contribution is 0.122. The fourth-order valence-corrected chi connectivity index (χ4v) is 3.59. The molecule has 1 heterocycles. The van der Waals surface area contributed by atoms with Crippen LogP contribution in [-0.2, 0) is 19.5 Å². The van der Waals surface area contributed by atoms with E-state index in [0.29, 0.717) is 32.0 Å². The Morgan fingerprint density at radius 1 is 1.32 bits per heavy atom. The molecule has 0 unspecified atom stereocenters.